The highest BCUT2D eigenvalue weighted by molar-refractivity contribution is 6.04. The fourth-order valence-electron chi connectivity index (χ4n) is 1.54. The largest absolute Gasteiger partial charge is 0.312 e. The summed E-state index contributed by atoms with van der Waals surface area (Å²) in [7, 11) is 0. The predicted octanol–water partition coefficient (Wildman–Crippen LogP) is 2.41. The summed E-state index contributed by atoms with van der Waals surface area (Å²) in [5, 5.41) is 0. The lowest BCUT2D eigenvalue weighted by Gasteiger charge is -2.21. The summed E-state index contributed by atoms with van der Waals surface area (Å²) >= 11 is 0. The Morgan fingerprint density at radius 1 is 1.19 bits per heavy atom. The van der Waals surface area contributed by atoms with Crippen LogP contribution in [0.2, 0.25) is 0 Å². The number of nitrogens with zero attached hydrogens (tertiary/aromatic N) is 1. The number of para-hydroxylation sites is 1. The summed E-state index contributed by atoms with van der Waals surface area (Å²) in [4.78, 5) is 24.5. The van der Waals surface area contributed by atoms with Gasteiger partial charge in [-0.15, -0.1) is 0 Å². The van der Waals surface area contributed by atoms with Crippen LogP contribution in [-0.4, -0.2) is 18.2 Å². The molecule has 0 spiro atoms. The molecule has 0 aromatic heterocycles. The summed E-state index contributed by atoms with van der Waals surface area (Å²) < 4.78 is 0. The Kier molecular flexibility index (Phi) is 4.70. The smallest absolute Gasteiger partial charge is 0.234 e. The molecule has 0 unspecified atom stereocenters. The van der Waals surface area contributed by atoms with E-state index in [2.05, 4.69) is 0 Å². The minimum atomic E-state index is -0.124. The van der Waals surface area contributed by atoms with E-state index in [1.54, 1.807) is 4.90 Å². The van der Waals surface area contributed by atoms with Crippen molar-refractivity contribution >= 4 is 17.4 Å². The average Bonchev–Trinajstić information content (AvgIpc) is 2.26. The van der Waals surface area contributed by atoms with Gasteiger partial charge in [0.15, 0.2) is 0 Å². The van der Waals surface area contributed by atoms with Gasteiger partial charge in [-0.25, -0.2) is 0 Å². The molecule has 1 rings (SSSR count). The molecule has 1 amide bonds. The molecule has 0 N–H and O–H groups in total. The van der Waals surface area contributed by atoms with Crippen LogP contribution in [0.15, 0.2) is 30.3 Å². The van der Waals surface area contributed by atoms with Gasteiger partial charge in [-0.05, 0) is 25.5 Å². The van der Waals surface area contributed by atoms with Gasteiger partial charge in [0, 0.05) is 12.2 Å². The number of amides is 1. The molecule has 0 fully saturated rings. The van der Waals surface area contributed by atoms with Crippen molar-refractivity contribution in [3.63, 3.8) is 0 Å². The lowest BCUT2D eigenvalue weighted by atomic mass is 10.2. The van der Waals surface area contributed by atoms with Gasteiger partial charge in [-0.1, -0.05) is 25.1 Å². The first kappa shape index (κ1) is 12.4. The second-order valence-corrected chi connectivity index (χ2v) is 3.76. The molecule has 0 radical (unpaired) electrons. The van der Waals surface area contributed by atoms with E-state index < -0.39 is 0 Å². The summed E-state index contributed by atoms with van der Waals surface area (Å²) in [6.45, 7) is 4.10. The highest BCUT2D eigenvalue weighted by Gasteiger charge is 2.15. The number of carbonyl (C=O) groups is 2. The van der Waals surface area contributed by atoms with Gasteiger partial charge in [0.05, 0.1) is 6.42 Å². The third-order valence-electron chi connectivity index (χ3n) is 2.22. The maximum atomic E-state index is 11.8. The topological polar surface area (TPSA) is 37.4 Å². The van der Waals surface area contributed by atoms with Crippen molar-refractivity contribution in [2.24, 2.45) is 0 Å². The van der Waals surface area contributed by atoms with E-state index in [0.717, 1.165) is 12.1 Å². The van der Waals surface area contributed by atoms with Crippen molar-refractivity contribution in [3.8, 4) is 0 Å². The van der Waals surface area contributed by atoms with Crippen LogP contribution in [0.3, 0.4) is 0 Å². The number of rotatable bonds is 5. The molecule has 0 aliphatic carbocycles. The number of hydrogen-bond acceptors (Lipinski definition) is 2. The summed E-state index contributed by atoms with van der Waals surface area (Å²) in [6.07, 6.45) is 0.855. The van der Waals surface area contributed by atoms with Crippen LogP contribution in [0.4, 0.5) is 5.69 Å². The first-order valence-corrected chi connectivity index (χ1v) is 5.50. The SMILES string of the molecule is CCCN(C(=O)CC(C)=O)c1ccccc1. The third-order valence-corrected chi connectivity index (χ3v) is 2.22. The van der Waals surface area contributed by atoms with Gasteiger partial charge in [-0.3, -0.25) is 9.59 Å². The van der Waals surface area contributed by atoms with Crippen LogP contribution in [-0.2, 0) is 9.59 Å². The Morgan fingerprint density at radius 2 is 1.81 bits per heavy atom. The molecular formula is C13H17NO2. The third kappa shape index (κ3) is 3.50. The molecule has 86 valence electrons. The van der Waals surface area contributed by atoms with Crippen molar-refractivity contribution in [3.05, 3.63) is 30.3 Å². The van der Waals surface area contributed by atoms with E-state index in [0.29, 0.717) is 6.54 Å². The lowest BCUT2D eigenvalue weighted by Crippen LogP contribution is -2.32. The van der Waals surface area contributed by atoms with Crippen LogP contribution in [0.5, 0.6) is 0 Å². The Bertz CT molecular complexity index is 359. The molecular weight excluding hydrogens is 202 g/mol. The molecule has 3 heteroatoms. The quantitative estimate of drug-likeness (QED) is 0.713. The number of anilines is 1. The van der Waals surface area contributed by atoms with E-state index in [1.807, 2.05) is 37.3 Å². The second-order valence-electron chi connectivity index (χ2n) is 3.76. The van der Waals surface area contributed by atoms with Crippen molar-refractivity contribution in [2.75, 3.05) is 11.4 Å². The van der Waals surface area contributed by atoms with E-state index >= 15 is 0 Å². The summed E-state index contributed by atoms with van der Waals surface area (Å²) in [6, 6.07) is 9.45. The molecule has 16 heavy (non-hydrogen) atoms. The second kappa shape index (κ2) is 6.05. The fourth-order valence-corrected chi connectivity index (χ4v) is 1.54. The van der Waals surface area contributed by atoms with Crippen LogP contribution < -0.4 is 4.90 Å². The van der Waals surface area contributed by atoms with Crippen molar-refractivity contribution in [1.82, 2.24) is 0 Å². The number of ketones is 1. The Labute approximate surface area is 96.1 Å². The summed E-state index contributed by atoms with van der Waals surface area (Å²) in [5.74, 6) is -0.220. The van der Waals surface area contributed by atoms with E-state index in [1.165, 1.54) is 6.92 Å². The minimum absolute atomic E-state index is 0.0190. The minimum Gasteiger partial charge on any atom is -0.312 e. The first-order valence-electron chi connectivity index (χ1n) is 5.50. The molecule has 0 saturated heterocycles. The van der Waals surface area contributed by atoms with Crippen molar-refractivity contribution < 1.29 is 9.59 Å². The average molecular weight is 219 g/mol. The monoisotopic (exact) mass is 219 g/mol. The standard InChI is InChI=1S/C13H17NO2/c1-3-9-14(13(16)10-11(2)15)12-7-5-4-6-8-12/h4-8H,3,9-10H2,1-2H3. The van der Waals surface area contributed by atoms with Gasteiger partial charge in [0.1, 0.15) is 5.78 Å². The van der Waals surface area contributed by atoms with Crippen molar-refractivity contribution in [2.45, 2.75) is 26.7 Å². The maximum Gasteiger partial charge on any atom is 0.234 e. The number of hydrogen-bond donors (Lipinski definition) is 0. The van der Waals surface area contributed by atoms with Crippen LogP contribution in [0.25, 0.3) is 0 Å². The van der Waals surface area contributed by atoms with Crippen LogP contribution >= 0.6 is 0 Å². The molecule has 1 aromatic rings. The van der Waals surface area contributed by atoms with Gasteiger partial charge in [0.2, 0.25) is 5.91 Å². The zero-order chi connectivity index (χ0) is 12.0. The molecule has 0 aliphatic rings. The van der Waals surface area contributed by atoms with E-state index in [9.17, 15) is 9.59 Å². The number of carbonyl (C=O) groups excluding carboxylic acids is 2. The molecule has 0 atom stereocenters. The van der Waals surface area contributed by atoms with Gasteiger partial charge >= 0.3 is 0 Å². The molecule has 0 bridgehead atoms. The molecule has 0 saturated carbocycles. The number of Topliss-reactive ketones (excluding diaryl/α,β-unsaturated/α-hetero) is 1. The van der Waals surface area contributed by atoms with Crippen molar-refractivity contribution in [1.29, 1.82) is 0 Å². The normalized spacial score (nSPS) is 9.88. The zero-order valence-electron chi connectivity index (χ0n) is 9.77. The van der Waals surface area contributed by atoms with E-state index in [-0.39, 0.29) is 18.1 Å². The van der Waals surface area contributed by atoms with Gasteiger partial charge < -0.3 is 4.90 Å². The van der Waals surface area contributed by atoms with Gasteiger partial charge in [0.25, 0.3) is 0 Å². The Hall–Kier alpha value is -1.64. The zero-order valence-corrected chi connectivity index (χ0v) is 9.77. The van der Waals surface area contributed by atoms with E-state index in [4.69, 9.17) is 0 Å². The molecule has 0 heterocycles. The molecule has 1 aromatic carbocycles. The lowest BCUT2D eigenvalue weighted by molar-refractivity contribution is -0.125. The maximum absolute atomic E-state index is 11.8. The van der Waals surface area contributed by atoms with Crippen LogP contribution in [0, 0.1) is 0 Å². The fraction of sp³-hybridized carbons (Fsp3) is 0.385. The highest BCUT2D eigenvalue weighted by Crippen LogP contribution is 2.14. The highest BCUT2D eigenvalue weighted by atomic mass is 16.2. The molecule has 3 nitrogen and oxygen atoms in total. The molecule has 0 aliphatic heterocycles. The Morgan fingerprint density at radius 3 is 2.31 bits per heavy atom. The Balaban J connectivity index is 2.82. The predicted molar refractivity (Wildman–Crippen MR) is 64.4 cm³/mol. The first-order chi connectivity index (χ1) is 7.65. The van der Waals surface area contributed by atoms with Crippen LogP contribution in [0.1, 0.15) is 26.7 Å². The summed E-state index contributed by atoms with van der Waals surface area (Å²) in [5.41, 5.74) is 0.857. The number of benzene rings is 1. The van der Waals surface area contributed by atoms with Gasteiger partial charge in [-0.2, -0.15) is 0 Å².